The molecule has 2 rings (SSSR count). The van der Waals surface area contributed by atoms with Crippen LogP contribution in [0.15, 0.2) is 28.7 Å². The van der Waals surface area contributed by atoms with Gasteiger partial charge in [-0.3, -0.25) is 0 Å². The molecule has 0 aliphatic carbocycles. The van der Waals surface area contributed by atoms with Crippen molar-refractivity contribution in [3.63, 3.8) is 0 Å². The van der Waals surface area contributed by atoms with Crippen LogP contribution in [-0.4, -0.2) is 31.9 Å². The number of hydrogen-bond acceptors (Lipinski definition) is 4. The Labute approximate surface area is 94.9 Å². The molecule has 15 heavy (non-hydrogen) atoms. The molecule has 0 aliphatic rings. The summed E-state index contributed by atoms with van der Waals surface area (Å²) < 4.78 is 2.58. The zero-order valence-corrected chi connectivity index (χ0v) is 9.42. The summed E-state index contributed by atoms with van der Waals surface area (Å²) in [6, 6.07) is 7.69. The number of benzene rings is 1. The Morgan fingerprint density at radius 3 is 2.67 bits per heavy atom. The van der Waals surface area contributed by atoms with Gasteiger partial charge in [-0.1, -0.05) is 28.1 Å². The second kappa shape index (κ2) is 4.50. The lowest BCUT2D eigenvalue weighted by molar-refractivity contribution is 0.269. The molecule has 0 fully saturated rings. The van der Waals surface area contributed by atoms with Crippen molar-refractivity contribution in [2.75, 3.05) is 6.61 Å². The summed E-state index contributed by atoms with van der Waals surface area (Å²) in [6.07, 6.45) is 0. The van der Waals surface area contributed by atoms with Gasteiger partial charge in [-0.2, -0.15) is 0 Å². The molecule has 0 atom stereocenters. The minimum Gasteiger partial charge on any atom is -0.394 e. The summed E-state index contributed by atoms with van der Waals surface area (Å²) in [4.78, 5) is 0. The van der Waals surface area contributed by atoms with Gasteiger partial charge in [0.25, 0.3) is 0 Å². The Balaban J connectivity index is 2.36. The Hall–Kier alpha value is -1.27. The average molecular weight is 269 g/mol. The molecule has 0 amide bonds. The summed E-state index contributed by atoms with van der Waals surface area (Å²) in [5.74, 6) is 0.663. The van der Waals surface area contributed by atoms with Crippen LogP contribution in [0.3, 0.4) is 0 Å². The predicted molar refractivity (Wildman–Crippen MR) is 58.0 cm³/mol. The smallest absolute Gasteiger partial charge is 0.182 e. The SMILES string of the molecule is OCCn1nnnc1-c1ccc(Br)cc1. The highest BCUT2D eigenvalue weighted by atomic mass is 79.9. The first-order chi connectivity index (χ1) is 7.31. The van der Waals surface area contributed by atoms with Crippen LogP contribution < -0.4 is 0 Å². The summed E-state index contributed by atoms with van der Waals surface area (Å²) >= 11 is 3.36. The molecule has 0 spiro atoms. The molecule has 5 nitrogen and oxygen atoms in total. The third-order valence-electron chi connectivity index (χ3n) is 1.95. The molecule has 2 aromatic rings. The summed E-state index contributed by atoms with van der Waals surface area (Å²) in [5, 5.41) is 20.1. The van der Waals surface area contributed by atoms with E-state index in [1.54, 1.807) is 4.68 Å². The molecule has 0 bridgehead atoms. The van der Waals surface area contributed by atoms with Gasteiger partial charge in [-0.05, 0) is 22.6 Å². The Morgan fingerprint density at radius 1 is 1.27 bits per heavy atom. The van der Waals surface area contributed by atoms with Gasteiger partial charge < -0.3 is 5.11 Å². The van der Waals surface area contributed by atoms with Gasteiger partial charge in [0.2, 0.25) is 0 Å². The maximum absolute atomic E-state index is 8.83. The highest BCUT2D eigenvalue weighted by Crippen LogP contribution is 2.18. The van der Waals surface area contributed by atoms with Crippen LogP contribution in [0.1, 0.15) is 0 Å². The Morgan fingerprint density at radius 2 is 2.00 bits per heavy atom. The molecule has 0 unspecified atom stereocenters. The van der Waals surface area contributed by atoms with Crippen molar-refractivity contribution in [1.29, 1.82) is 0 Å². The highest BCUT2D eigenvalue weighted by molar-refractivity contribution is 9.10. The maximum Gasteiger partial charge on any atom is 0.182 e. The third kappa shape index (κ3) is 2.21. The normalized spacial score (nSPS) is 10.5. The van der Waals surface area contributed by atoms with E-state index in [9.17, 15) is 0 Å². The van der Waals surface area contributed by atoms with Gasteiger partial charge in [-0.15, -0.1) is 5.10 Å². The van der Waals surface area contributed by atoms with Crippen molar-refractivity contribution < 1.29 is 5.11 Å². The Kier molecular flexibility index (Phi) is 3.08. The van der Waals surface area contributed by atoms with E-state index in [0.29, 0.717) is 12.4 Å². The maximum atomic E-state index is 8.83. The summed E-state index contributed by atoms with van der Waals surface area (Å²) in [7, 11) is 0. The lowest BCUT2D eigenvalue weighted by Crippen LogP contribution is -2.06. The number of rotatable bonds is 3. The predicted octanol–water partition coefficient (Wildman–Crippen LogP) is 1.09. The van der Waals surface area contributed by atoms with Gasteiger partial charge >= 0.3 is 0 Å². The van der Waals surface area contributed by atoms with E-state index in [2.05, 4.69) is 31.5 Å². The van der Waals surface area contributed by atoms with Crippen LogP contribution in [0.5, 0.6) is 0 Å². The van der Waals surface area contributed by atoms with E-state index in [0.717, 1.165) is 10.0 Å². The monoisotopic (exact) mass is 268 g/mol. The van der Waals surface area contributed by atoms with E-state index in [1.165, 1.54) is 0 Å². The van der Waals surface area contributed by atoms with E-state index in [-0.39, 0.29) is 6.61 Å². The quantitative estimate of drug-likeness (QED) is 0.906. The molecule has 1 N–H and O–H groups in total. The lowest BCUT2D eigenvalue weighted by Gasteiger charge is -2.01. The van der Waals surface area contributed by atoms with E-state index in [4.69, 9.17) is 5.11 Å². The van der Waals surface area contributed by atoms with Crippen LogP contribution in [0.4, 0.5) is 0 Å². The first kappa shape index (κ1) is 10.3. The van der Waals surface area contributed by atoms with Crippen LogP contribution in [0.2, 0.25) is 0 Å². The standard InChI is InChI=1S/C9H9BrN4O/c10-8-3-1-7(2-4-8)9-11-12-13-14(9)5-6-15/h1-4,15H,5-6H2. The summed E-state index contributed by atoms with van der Waals surface area (Å²) in [5.41, 5.74) is 0.927. The fourth-order valence-electron chi connectivity index (χ4n) is 1.26. The van der Waals surface area contributed by atoms with Crippen LogP contribution in [-0.2, 0) is 6.54 Å². The average Bonchev–Trinajstić information content (AvgIpc) is 2.68. The number of aromatic nitrogens is 4. The van der Waals surface area contributed by atoms with Crippen LogP contribution in [0, 0.1) is 0 Å². The minimum absolute atomic E-state index is 0.0224. The molecule has 0 saturated carbocycles. The second-order valence-electron chi connectivity index (χ2n) is 2.96. The first-order valence-corrected chi connectivity index (χ1v) is 5.23. The molecule has 0 aliphatic heterocycles. The second-order valence-corrected chi connectivity index (χ2v) is 3.87. The fraction of sp³-hybridized carbons (Fsp3) is 0.222. The third-order valence-corrected chi connectivity index (χ3v) is 2.47. The van der Waals surface area contributed by atoms with Gasteiger partial charge in [-0.25, -0.2) is 4.68 Å². The van der Waals surface area contributed by atoms with Crippen molar-refractivity contribution in [1.82, 2.24) is 20.2 Å². The molecule has 78 valence electrons. The van der Waals surface area contributed by atoms with Crippen molar-refractivity contribution >= 4 is 15.9 Å². The molecule has 0 radical (unpaired) electrons. The first-order valence-electron chi connectivity index (χ1n) is 4.44. The lowest BCUT2D eigenvalue weighted by atomic mass is 10.2. The van der Waals surface area contributed by atoms with E-state index in [1.807, 2.05) is 24.3 Å². The van der Waals surface area contributed by atoms with Gasteiger partial charge in [0.15, 0.2) is 5.82 Å². The molecule has 0 saturated heterocycles. The molecular formula is C9H9BrN4O. The van der Waals surface area contributed by atoms with Crippen LogP contribution in [0.25, 0.3) is 11.4 Å². The molecule has 1 aromatic heterocycles. The van der Waals surface area contributed by atoms with Crippen molar-refractivity contribution in [3.05, 3.63) is 28.7 Å². The highest BCUT2D eigenvalue weighted by Gasteiger charge is 2.07. The van der Waals surface area contributed by atoms with Crippen molar-refractivity contribution in [3.8, 4) is 11.4 Å². The zero-order chi connectivity index (χ0) is 10.7. The van der Waals surface area contributed by atoms with Gasteiger partial charge in [0, 0.05) is 10.0 Å². The molecule has 1 heterocycles. The number of aliphatic hydroxyl groups is 1. The number of tetrazole rings is 1. The fourth-order valence-corrected chi connectivity index (χ4v) is 1.52. The van der Waals surface area contributed by atoms with Gasteiger partial charge in [0.1, 0.15) is 0 Å². The molecular weight excluding hydrogens is 260 g/mol. The minimum atomic E-state index is 0.0224. The topological polar surface area (TPSA) is 63.8 Å². The number of halogens is 1. The van der Waals surface area contributed by atoms with Crippen LogP contribution >= 0.6 is 15.9 Å². The van der Waals surface area contributed by atoms with Gasteiger partial charge in [0.05, 0.1) is 13.2 Å². The summed E-state index contributed by atoms with van der Waals surface area (Å²) in [6.45, 7) is 0.424. The largest absolute Gasteiger partial charge is 0.394 e. The zero-order valence-electron chi connectivity index (χ0n) is 7.84. The number of nitrogens with zero attached hydrogens (tertiary/aromatic N) is 4. The Bertz CT molecular complexity index is 440. The van der Waals surface area contributed by atoms with Crippen molar-refractivity contribution in [2.45, 2.75) is 6.54 Å². The van der Waals surface area contributed by atoms with E-state index < -0.39 is 0 Å². The molecule has 1 aromatic carbocycles. The number of hydrogen-bond donors (Lipinski definition) is 1. The molecule has 6 heteroatoms. The van der Waals surface area contributed by atoms with Crippen molar-refractivity contribution in [2.24, 2.45) is 0 Å². The number of aliphatic hydroxyl groups excluding tert-OH is 1. The van der Waals surface area contributed by atoms with E-state index >= 15 is 0 Å².